The van der Waals surface area contributed by atoms with Crippen molar-refractivity contribution in [2.24, 2.45) is 0 Å². The molecule has 0 fully saturated rings. The number of aryl methyl sites for hydroxylation is 1. The molecule has 1 aliphatic rings. The number of hydrogen-bond acceptors (Lipinski definition) is 3. The first-order valence-electron chi connectivity index (χ1n) is 8.90. The molecule has 0 atom stereocenters. The van der Waals surface area contributed by atoms with Crippen LogP contribution in [0.15, 0.2) is 47.4 Å². The van der Waals surface area contributed by atoms with Gasteiger partial charge in [0.25, 0.3) is 0 Å². The molecule has 27 heavy (non-hydrogen) atoms. The fraction of sp³-hybridized carbons (Fsp3) is 0.238. The summed E-state index contributed by atoms with van der Waals surface area (Å²) in [5.41, 5.74) is 3.41. The molecule has 0 bridgehead atoms. The third-order valence-corrected chi connectivity index (χ3v) is 6.06. The van der Waals surface area contributed by atoms with Gasteiger partial charge in [0.1, 0.15) is 5.82 Å². The van der Waals surface area contributed by atoms with E-state index in [9.17, 15) is 9.18 Å². The first-order chi connectivity index (χ1) is 13.1. The number of para-hydroxylation sites is 1. The third kappa shape index (κ3) is 3.94. The minimum absolute atomic E-state index is 0.205. The molecule has 0 saturated heterocycles. The number of rotatable bonds is 4. The van der Waals surface area contributed by atoms with Gasteiger partial charge in [0.15, 0.2) is 0 Å². The van der Waals surface area contributed by atoms with Gasteiger partial charge in [-0.1, -0.05) is 29.8 Å². The molecule has 2 aromatic carbocycles. The van der Waals surface area contributed by atoms with Crippen molar-refractivity contribution < 1.29 is 9.18 Å². The van der Waals surface area contributed by atoms with Crippen molar-refractivity contribution in [3.63, 3.8) is 0 Å². The minimum Gasteiger partial charge on any atom is -0.323 e. The number of anilines is 1. The number of pyridine rings is 1. The molecule has 0 aliphatic heterocycles. The molecule has 3 nitrogen and oxygen atoms in total. The first kappa shape index (κ1) is 18.3. The summed E-state index contributed by atoms with van der Waals surface area (Å²) in [5, 5.41) is 4.32. The summed E-state index contributed by atoms with van der Waals surface area (Å²) in [6.45, 7) is 0. The Morgan fingerprint density at radius 2 is 2.00 bits per heavy atom. The molecule has 1 N–H and O–H groups in total. The first-order valence-corrected chi connectivity index (χ1v) is 10.3. The molecule has 1 amide bonds. The second-order valence-electron chi connectivity index (χ2n) is 6.55. The molecule has 4 rings (SSSR count). The molecule has 138 valence electrons. The smallest absolute Gasteiger partial charge is 0.234 e. The highest BCUT2D eigenvalue weighted by atomic mass is 35.5. The number of benzene rings is 2. The Morgan fingerprint density at radius 1 is 1.19 bits per heavy atom. The van der Waals surface area contributed by atoms with Crippen molar-refractivity contribution in [2.45, 2.75) is 30.6 Å². The van der Waals surface area contributed by atoms with Gasteiger partial charge in [-0.3, -0.25) is 9.78 Å². The summed E-state index contributed by atoms with van der Waals surface area (Å²) in [6, 6.07) is 11.9. The fourth-order valence-electron chi connectivity index (χ4n) is 3.41. The molecule has 0 saturated carbocycles. The second kappa shape index (κ2) is 7.87. The highest BCUT2D eigenvalue weighted by molar-refractivity contribution is 8.00. The Balaban J connectivity index is 1.61. The van der Waals surface area contributed by atoms with E-state index in [-0.39, 0.29) is 17.3 Å². The maximum Gasteiger partial charge on any atom is 0.234 e. The zero-order valence-corrected chi connectivity index (χ0v) is 16.2. The maximum absolute atomic E-state index is 13.7. The highest BCUT2D eigenvalue weighted by Gasteiger charge is 2.19. The van der Waals surface area contributed by atoms with Crippen LogP contribution >= 0.6 is 23.4 Å². The SMILES string of the molecule is O=C(CSc1c2c(nc3cc(Cl)ccc13)CCCC2)Nc1ccccc1F. The number of aromatic nitrogens is 1. The summed E-state index contributed by atoms with van der Waals surface area (Å²) in [5.74, 6) is -0.450. The van der Waals surface area contributed by atoms with Crippen LogP contribution in [0, 0.1) is 5.82 Å². The molecule has 0 radical (unpaired) electrons. The third-order valence-electron chi connectivity index (χ3n) is 4.67. The van der Waals surface area contributed by atoms with E-state index < -0.39 is 5.82 Å². The van der Waals surface area contributed by atoms with Crippen molar-refractivity contribution >= 4 is 45.9 Å². The Morgan fingerprint density at radius 3 is 2.85 bits per heavy atom. The second-order valence-corrected chi connectivity index (χ2v) is 7.97. The van der Waals surface area contributed by atoms with Crippen LogP contribution in [0.4, 0.5) is 10.1 Å². The fourth-order valence-corrected chi connectivity index (χ4v) is 4.64. The predicted molar refractivity (Wildman–Crippen MR) is 109 cm³/mol. The summed E-state index contributed by atoms with van der Waals surface area (Å²) in [7, 11) is 0. The van der Waals surface area contributed by atoms with E-state index in [1.165, 1.54) is 23.4 Å². The van der Waals surface area contributed by atoms with Crippen molar-refractivity contribution in [2.75, 3.05) is 11.1 Å². The molecule has 0 unspecified atom stereocenters. The van der Waals surface area contributed by atoms with Crippen LogP contribution < -0.4 is 5.32 Å². The van der Waals surface area contributed by atoms with Crippen LogP contribution in [-0.4, -0.2) is 16.6 Å². The summed E-state index contributed by atoms with van der Waals surface area (Å²) in [6.07, 6.45) is 4.18. The Bertz CT molecular complexity index is 1020. The van der Waals surface area contributed by atoms with Gasteiger partial charge in [-0.05, 0) is 55.5 Å². The molecule has 6 heteroatoms. The van der Waals surface area contributed by atoms with E-state index in [2.05, 4.69) is 5.32 Å². The lowest BCUT2D eigenvalue weighted by Crippen LogP contribution is -2.15. The monoisotopic (exact) mass is 400 g/mol. The summed E-state index contributed by atoms with van der Waals surface area (Å²) >= 11 is 7.63. The lowest BCUT2D eigenvalue weighted by molar-refractivity contribution is -0.113. The van der Waals surface area contributed by atoms with E-state index in [4.69, 9.17) is 16.6 Å². The van der Waals surface area contributed by atoms with Crippen LogP contribution in [0.2, 0.25) is 5.02 Å². The van der Waals surface area contributed by atoms with Crippen LogP contribution in [0.5, 0.6) is 0 Å². The number of carbonyl (C=O) groups is 1. The summed E-state index contributed by atoms with van der Waals surface area (Å²) < 4.78 is 13.7. The molecule has 3 aromatic rings. The van der Waals surface area contributed by atoms with Crippen molar-refractivity contribution in [3.05, 3.63) is 64.6 Å². The highest BCUT2D eigenvalue weighted by Crippen LogP contribution is 2.36. The quantitative estimate of drug-likeness (QED) is 0.576. The van der Waals surface area contributed by atoms with Gasteiger partial charge < -0.3 is 5.32 Å². The average molecular weight is 401 g/mol. The topological polar surface area (TPSA) is 42.0 Å². The zero-order chi connectivity index (χ0) is 18.8. The predicted octanol–water partition coefficient (Wildman–Crippen LogP) is 5.64. The number of amides is 1. The number of carbonyl (C=O) groups excluding carboxylic acids is 1. The van der Waals surface area contributed by atoms with Gasteiger partial charge >= 0.3 is 0 Å². The number of nitrogens with zero attached hydrogens (tertiary/aromatic N) is 1. The van der Waals surface area contributed by atoms with Gasteiger partial charge in [-0.2, -0.15) is 0 Å². The van der Waals surface area contributed by atoms with Gasteiger partial charge in [0.05, 0.1) is 17.0 Å². The standard InChI is InChI=1S/C21H18ClFN2OS/c22-13-9-10-15-19(11-13)24-17-7-3-1-5-14(17)21(15)27-12-20(26)25-18-8-4-2-6-16(18)23/h2,4,6,8-11H,1,3,5,7,12H2,(H,25,26). The lowest BCUT2D eigenvalue weighted by Gasteiger charge is -2.20. The molecule has 1 aliphatic carbocycles. The Labute approximate surface area is 166 Å². The normalized spacial score (nSPS) is 13.4. The van der Waals surface area contributed by atoms with Gasteiger partial charge in [-0.15, -0.1) is 11.8 Å². The van der Waals surface area contributed by atoms with Crippen LogP contribution in [0.25, 0.3) is 10.9 Å². The Kier molecular flexibility index (Phi) is 5.32. The minimum atomic E-state index is -0.433. The van der Waals surface area contributed by atoms with Crippen molar-refractivity contribution in [3.8, 4) is 0 Å². The molecule has 1 heterocycles. The molecule has 1 aromatic heterocycles. The van der Waals surface area contributed by atoms with Crippen LogP contribution in [-0.2, 0) is 17.6 Å². The van der Waals surface area contributed by atoms with Crippen LogP contribution in [0.1, 0.15) is 24.1 Å². The Hall–Kier alpha value is -2.11. The lowest BCUT2D eigenvalue weighted by atomic mass is 9.94. The van der Waals surface area contributed by atoms with E-state index in [0.29, 0.717) is 5.02 Å². The molecular weight excluding hydrogens is 383 g/mol. The number of thioether (sulfide) groups is 1. The number of hydrogen-bond donors (Lipinski definition) is 1. The van der Waals surface area contributed by atoms with Crippen molar-refractivity contribution in [1.29, 1.82) is 0 Å². The van der Waals surface area contributed by atoms with Gasteiger partial charge in [-0.25, -0.2) is 4.39 Å². The van der Waals surface area contributed by atoms with E-state index in [1.54, 1.807) is 18.2 Å². The largest absolute Gasteiger partial charge is 0.323 e. The average Bonchev–Trinajstić information content (AvgIpc) is 2.67. The number of fused-ring (bicyclic) bond motifs is 2. The maximum atomic E-state index is 13.7. The molecule has 0 spiro atoms. The van der Waals surface area contributed by atoms with E-state index >= 15 is 0 Å². The van der Waals surface area contributed by atoms with Crippen molar-refractivity contribution in [1.82, 2.24) is 4.98 Å². The zero-order valence-electron chi connectivity index (χ0n) is 14.6. The summed E-state index contributed by atoms with van der Waals surface area (Å²) in [4.78, 5) is 18.2. The van der Waals surface area contributed by atoms with Gasteiger partial charge in [0.2, 0.25) is 5.91 Å². The number of nitrogens with one attached hydrogen (secondary N) is 1. The number of halogens is 2. The van der Waals surface area contributed by atoms with Crippen LogP contribution in [0.3, 0.4) is 0 Å². The van der Waals surface area contributed by atoms with Gasteiger partial charge in [0, 0.05) is 21.0 Å². The molecular formula is C21H18ClFN2OS. The van der Waals surface area contributed by atoms with E-state index in [1.807, 2.05) is 18.2 Å². The van der Waals surface area contributed by atoms with E-state index in [0.717, 1.165) is 47.2 Å².